The number of nitrogens with zero attached hydrogens (tertiary/aromatic N) is 2. The maximum Gasteiger partial charge on any atom is 0.253 e. The average molecular weight is 378 g/mol. The van der Waals surface area contributed by atoms with Crippen molar-refractivity contribution in [3.05, 3.63) is 36.1 Å². The normalized spacial score (nSPS) is 17.2. The Morgan fingerprint density at radius 2 is 2.16 bits per heavy atom. The number of benzene rings is 2. The average Bonchev–Trinajstić information content (AvgIpc) is 3.08. The zero-order chi connectivity index (χ0) is 17.7. The number of nitrogen functional groups attached to an aromatic ring is 1. The number of aromatic nitrogens is 1. The Labute approximate surface area is 147 Å². The van der Waals surface area contributed by atoms with Gasteiger partial charge in [-0.1, -0.05) is 17.4 Å². The molecule has 4 N–H and O–H groups in total. The van der Waals surface area contributed by atoms with Crippen LogP contribution in [0.5, 0.6) is 5.75 Å². The van der Waals surface area contributed by atoms with Crippen LogP contribution in [0, 0.1) is 5.82 Å². The fourth-order valence-corrected chi connectivity index (χ4v) is 4.38. The number of phenolic OH excluding ortho intramolecular Hbond substituents is 1. The molecule has 0 aliphatic carbocycles. The van der Waals surface area contributed by atoms with Crippen LogP contribution in [0.1, 0.15) is 0 Å². The van der Waals surface area contributed by atoms with Gasteiger partial charge in [-0.25, -0.2) is 13.6 Å². The minimum atomic E-state index is -1.94. The Hall–Kier alpha value is -2.72. The first-order valence-electron chi connectivity index (χ1n) is 7.11. The maximum atomic E-state index is 15.1. The van der Waals surface area contributed by atoms with Crippen molar-refractivity contribution in [3.63, 3.8) is 0 Å². The smallest absolute Gasteiger partial charge is 0.253 e. The number of carbonyl (C=O) groups excluding carboxylic acids is 1. The summed E-state index contributed by atoms with van der Waals surface area (Å²) in [7, 11) is 0. The first-order valence-corrected chi connectivity index (χ1v) is 9.03. The van der Waals surface area contributed by atoms with Crippen molar-refractivity contribution in [2.45, 2.75) is 0 Å². The Morgan fingerprint density at radius 1 is 1.36 bits per heavy atom. The molecule has 0 bridgehead atoms. The number of aromatic hydroxyl groups is 1. The van der Waals surface area contributed by atoms with Crippen LogP contribution in [0.4, 0.5) is 15.2 Å². The van der Waals surface area contributed by atoms with Gasteiger partial charge in [0.25, 0.3) is 5.91 Å². The van der Waals surface area contributed by atoms with E-state index in [1.54, 1.807) is 18.2 Å². The summed E-state index contributed by atoms with van der Waals surface area (Å²) >= 11 is -0.655. The summed E-state index contributed by atoms with van der Waals surface area (Å²) in [5, 5.41) is 10.4. The second kappa shape index (κ2) is 5.67. The van der Waals surface area contributed by atoms with Crippen molar-refractivity contribution >= 4 is 49.5 Å². The topological polar surface area (TPSA) is 109 Å². The number of rotatable bonds is 2. The van der Waals surface area contributed by atoms with E-state index in [-0.39, 0.29) is 17.8 Å². The minimum Gasteiger partial charge on any atom is -0.506 e. The van der Waals surface area contributed by atoms with E-state index >= 15 is 4.39 Å². The SMILES string of the molecule is Nc1nc2ccc(-c3ccc(O)c(N4CC(=O)NS4=O)c3F)cc2s1. The molecular weight excluding hydrogens is 367 g/mol. The van der Waals surface area contributed by atoms with Crippen LogP contribution in [0.2, 0.25) is 0 Å². The lowest BCUT2D eigenvalue weighted by atomic mass is 10.0. The molecule has 1 amide bonds. The monoisotopic (exact) mass is 378 g/mol. The number of nitrogens with one attached hydrogen (secondary N) is 1. The number of nitrogens with two attached hydrogens (primary N) is 1. The van der Waals surface area contributed by atoms with Gasteiger partial charge in [0.05, 0.1) is 10.2 Å². The third-order valence-corrected chi connectivity index (χ3v) is 5.71. The molecule has 10 heteroatoms. The lowest BCUT2D eigenvalue weighted by Gasteiger charge is -2.18. The number of fused-ring (bicyclic) bond motifs is 1. The van der Waals surface area contributed by atoms with Crippen LogP contribution >= 0.6 is 11.3 Å². The van der Waals surface area contributed by atoms with Crippen molar-refractivity contribution in [3.8, 4) is 16.9 Å². The number of halogens is 1. The van der Waals surface area contributed by atoms with E-state index in [2.05, 4.69) is 9.71 Å². The largest absolute Gasteiger partial charge is 0.506 e. The number of thiazole rings is 1. The van der Waals surface area contributed by atoms with Crippen LogP contribution in [0.15, 0.2) is 30.3 Å². The zero-order valence-corrected chi connectivity index (χ0v) is 14.2. The van der Waals surface area contributed by atoms with Gasteiger partial charge in [-0.3, -0.25) is 13.8 Å². The molecule has 3 aromatic rings. The molecule has 25 heavy (non-hydrogen) atoms. The second-order valence-electron chi connectivity index (χ2n) is 5.34. The van der Waals surface area contributed by atoms with Crippen LogP contribution < -0.4 is 14.8 Å². The van der Waals surface area contributed by atoms with E-state index in [4.69, 9.17) is 5.73 Å². The van der Waals surface area contributed by atoms with Gasteiger partial charge < -0.3 is 10.8 Å². The first kappa shape index (κ1) is 15.8. The molecule has 1 aliphatic rings. The highest BCUT2D eigenvalue weighted by Crippen LogP contribution is 2.39. The molecule has 1 aromatic heterocycles. The van der Waals surface area contributed by atoms with Gasteiger partial charge in [0.2, 0.25) is 11.2 Å². The van der Waals surface area contributed by atoms with Crippen molar-refractivity contribution in [1.29, 1.82) is 0 Å². The lowest BCUT2D eigenvalue weighted by Crippen LogP contribution is -2.23. The van der Waals surface area contributed by atoms with Crippen LogP contribution in [0.3, 0.4) is 0 Å². The molecule has 1 unspecified atom stereocenters. The summed E-state index contributed by atoms with van der Waals surface area (Å²) in [6.07, 6.45) is 0. The summed E-state index contributed by atoms with van der Waals surface area (Å²) in [5.41, 5.74) is 6.88. The number of amides is 1. The molecule has 1 atom stereocenters. The number of hydrogen-bond acceptors (Lipinski definition) is 6. The van der Waals surface area contributed by atoms with Crippen molar-refractivity contribution in [1.82, 2.24) is 9.71 Å². The van der Waals surface area contributed by atoms with Gasteiger partial charge in [-0.05, 0) is 29.8 Å². The molecule has 0 saturated carbocycles. The van der Waals surface area contributed by atoms with E-state index in [9.17, 15) is 14.1 Å². The summed E-state index contributed by atoms with van der Waals surface area (Å²) in [6.45, 7) is -0.301. The third kappa shape index (κ3) is 2.59. The Morgan fingerprint density at radius 3 is 2.88 bits per heavy atom. The number of phenols is 1. The first-order chi connectivity index (χ1) is 11.9. The highest BCUT2D eigenvalue weighted by Gasteiger charge is 2.32. The summed E-state index contributed by atoms with van der Waals surface area (Å²) in [4.78, 5) is 15.5. The summed E-state index contributed by atoms with van der Waals surface area (Å²) in [6, 6.07) is 7.88. The van der Waals surface area contributed by atoms with Crippen LogP contribution in [-0.4, -0.2) is 26.8 Å². The predicted octanol–water partition coefficient (Wildman–Crippen LogP) is 1.91. The van der Waals surface area contributed by atoms with Crippen molar-refractivity contribution in [2.24, 2.45) is 0 Å². The standard InChI is InChI=1S/C15H11FN4O3S2/c16-13-8(7-1-3-9-11(5-7)24-15(17)18-9)2-4-10(21)14(13)20-6-12(22)19-25(20)23/h1-5,21H,6H2,(H2,17,18)(H,19,22). The van der Waals surface area contributed by atoms with E-state index in [1.807, 2.05) is 0 Å². The maximum absolute atomic E-state index is 15.1. The van der Waals surface area contributed by atoms with Crippen molar-refractivity contribution < 1.29 is 18.5 Å². The van der Waals surface area contributed by atoms with Crippen LogP contribution in [-0.2, 0) is 16.0 Å². The molecule has 1 saturated heterocycles. The number of carbonyl (C=O) groups is 1. The molecule has 4 rings (SSSR count). The number of hydrogen-bond donors (Lipinski definition) is 3. The van der Waals surface area contributed by atoms with E-state index in [1.165, 1.54) is 23.5 Å². The molecule has 0 spiro atoms. The lowest BCUT2D eigenvalue weighted by molar-refractivity contribution is -0.117. The van der Waals surface area contributed by atoms with Gasteiger partial charge in [-0.15, -0.1) is 0 Å². The molecule has 1 fully saturated rings. The molecule has 128 valence electrons. The predicted molar refractivity (Wildman–Crippen MR) is 94.7 cm³/mol. The molecule has 2 heterocycles. The molecule has 2 aromatic carbocycles. The summed E-state index contributed by atoms with van der Waals surface area (Å²) < 4.78 is 30.9. The van der Waals surface area contributed by atoms with Crippen molar-refractivity contribution in [2.75, 3.05) is 16.6 Å². The van der Waals surface area contributed by atoms with Gasteiger partial charge in [0, 0.05) is 5.56 Å². The molecular formula is C15H11FN4O3S2. The van der Waals surface area contributed by atoms with Crippen LogP contribution in [0.25, 0.3) is 21.3 Å². The second-order valence-corrected chi connectivity index (χ2v) is 7.55. The highest BCUT2D eigenvalue weighted by atomic mass is 32.2. The molecule has 7 nitrogen and oxygen atoms in total. The van der Waals surface area contributed by atoms with Gasteiger partial charge >= 0.3 is 0 Å². The zero-order valence-electron chi connectivity index (χ0n) is 12.5. The quantitative estimate of drug-likeness (QED) is 0.631. The van der Waals surface area contributed by atoms with E-state index in [0.29, 0.717) is 16.2 Å². The summed E-state index contributed by atoms with van der Waals surface area (Å²) in [5.74, 6) is -1.67. The Bertz CT molecular complexity index is 1050. The fourth-order valence-electron chi connectivity index (χ4n) is 2.66. The number of anilines is 2. The molecule has 0 radical (unpaired) electrons. The molecule has 1 aliphatic heterocycles. The van der Waals surface area contributed by atoms with E-state index < -0.39 is 28.6 Å². The fraction of sp³-hybridized carbons (Fsp3) is 0.0667. The Kier molecular flexibility index (Phi) is 3.58. The minimum absolute atomic E-state index is 0.207. The third-order valence-electron chi connectivity index (χ3n) is 3.75. The van der Waals surface area contributed by atoms with Gasteiger partial charge in [0.15, 0.2) is 10.9 Å². The Balaban J connectivity index is 1.86. The van der Waals surface area contributed by atoms with Gasteiger partial charge in [0.1, 0.15) is 18.0 Å². The highest BCUT2D eigenvalue weighted by molar-refractivity contribution is 7.85. The van der Waals surface area contributed by atoms with Gasteiger partial charge in [-0.2, -0.15) is 0 Å². The van der Waals surface area contributed by atoms with E-state index in [0.717, 1.165) is 9.01 Å².